The third-order valence-electron chi connectivity index (χ3n) is 4.33. The molecule has 0 atom stereocenters. The molecule has 25 heavy (non-hydrogen) atoms. The molecule has 3 aromatic rings. The van der Waals surface area contributed by atoms with E-state index in [0.717, 1.165) is 48.7 Å². The molecule has 1 aromatic heterocycles. The molecule has 0 aliphatic carbocycles. The first-order valence-corrected chi connectivity index (χ1v) is 8.62. The SMILES string of the molecule is c1coc(-c2ccc(Oc3ccc(NC4CCNCC4)cc3)cc2)n1. The summed E-state index contributed by atoms with van der Waals surface area (Å²) in [6.45, 7) is 2.17. The van der Waals surface area contributed by atoms with Crippen LogP contribution in [-0.4, -0.2) is 24.1 Å². The molecule has 0 bridgehead atoms. The monoisotopic (exact) mass is 335 g/mol. The van der Waals surface area contributed by atoms with Crippen molar-refractivity contribution >= 4 is 5.69 Å². The second-order valence-electron chi connectivity index (χ2n) is 6.16. The molecule has 0 spiro atoms. The minimum Gasteiger partial charge on any atom is -0.457 e. The van der Waals surface area contributed by atoms with Crippen LogP contribution in [0.2, 0.25) is 0 Å². The molecule has 1 saturated heterocycles. The van der Waals surface area contributed by atoms with E-state index in [2.05, 4.69) is 27.8 Å². The van der Waals surface area contributed by atoms with Crippen LogP contribution >= 0.6 is 0 Å². The van der Waals surface area contributed by atoms with Crippen molar-refractivity contribution in [2.75, 3.05) is 18.4 Å². The number of benzene rings is 2. The van der Waals surface area contributed by atoms with Gasteiger partial charge in [-0.25, -0.2) is 4.98 Å². The minimum atomic E-state index is 0.552. The van der Waals surface area contributed by atoms with Crippen molar-refractivity contribution in [1.29, 1.82) is 0 Å². The number of anilines is 1. The van der Waals surface area contributed by atoms with Crippen molar-refractivity contribution in [2.45, 2.75) is 18.9 Å². The van der Waals surface area contributed by atoms with Gasteiger partial charge < -0.3 is 19.8 Å². The van der Waals surface area contributed by atoms with Gasteiger partial charge in [-0.3, -0.25) is 0 Å². The van der Waals surface area contributed by atoms with Gasteiger partial charge in [-0.1, -0.05) is 0 Å². The van der Waals surface area contributed by atoms with E-state index in [1.807, 2.05) is 36.4 Å². The summed E-state index contributed by atoms with van der Waals surface area (Å²) in [5.41, 5.74) is 2.07. The van der Waals surface area contributed by atoms with E-state index in [1.54, 1.807) is 12.5 Å². The number of hydrogen-bond donors (Lipinski definition) is 2. The fourth-order valence-corrected chi connectivity index (χ4v) is 2.99. The van der Waals surface area contributed by atoms with Gasteiger partial charge in [0.05, 0.1) is 6.20 Å². The highest BCUT2D eigenvalue weighted by atomic mass is 16.5. The molecular weight excluding hydrogens is 314 g/mol. The lowest BCUT2D eigenvalue weighted by atomic mass is 10.1. The van der Waals surface area contributed by atoms with Crippen LogP contribution in [0.5, 0.6) is 11.5 Å². The molecule has 2 aromatic carbocycles. The average Bonchev–Trinajstić information content (AvgIpc) is 3.20. The molecular formula is C20H21N3O2. The van der Waals surface area contributed by atoms with Gasteiger partial charge in [0.15, 0.2) is 0 Å². The Balaban J connectivity index is 1.37. The van der Waals surface area contributed by atoms with Gasteiger partial charge in [0.1, 0.15) is 17.8 Å². The van der Waals surface area contributed by atoms with Gasteiger partial charge in [-0.2, -0.15) is 0 Å². The van der Waals surface area contributed by atoms with Gasteiger partial charge in [0.25, 0.3) is 0 Å². The lowest BCUT2D eigenvalue weighted by molar-refractivity contribution is 0.477. The Morgan fingerprint density at radius 3 is 2.28 bits per heavy atom. The number of hydrogen-bond acceptors (Lipinski definition) is 5. The van der Waals surface area contributed by atoms with Crippen LogP contribution in [0.25, 0.3) is 11.5 Å². The number of piperidine rings is 1. The molecule has 4 rings (SSSR count). The first kappa shape index (κ1) is 15.7. The summed E-state index contributed by atoms with van der Waals surface area (Å²) in [6, 6.07) is 16.4. The average molecular weight is 335 g/mol. The van der Waals surface area contributed by atoms with E-state index in [0.29, 0.717) is 11.9 Å². The van der Waals surface area contributed by atoms with E-state index in [4.69, 9.17) is 9.15 Å². The molecule has 5 nitrogen and oxygen atoms in total. The molecule has 1 fully saturated rings. The highest BCUT2D eigenvalue weighted by molar-refractivity contribution is 5.55. The first-order chi connectivity index (χ1) is 12.4. The number of aromatic nitrogens is 1. The van der Waals surface area contributed by atoms with E-state index in [1.165, 1.54) is 0 Å². The Bertz CT molecular complexity index is 777. The molecule has 2 heterocycles. The van der Waals surface area contributed by atoms with Crippen molar-refractivity contribution < 1.29 is 9.15 Å². The zero-order chi connectivity index (χ0) is 16.9. The van der Waals surface area contributed by atoms with Gasteiger partial charge in [-0.15, -0.1) is 0 Å². The fourth-order valence-electron chi connectivity index (χ4n) is 2.99. The van der Waals surface area contributed by atoms with Crippen LogP contribution in [0.4, 0.5) is 5.69 Å². The van der Waals surface area contributed by atoms with Gasteiger partial charge in [0.2, 0.25) is 5.89 Å². The highest BCUT2D eigenvalue weighted by Gasteiger charge is 2.12. The summed E-state index contributed by atoms with van der Waals surface area (Å²) >= 11 is 0. The molecule has 0 unspecified atom stereocenters. The fraction of sp³-hybridized carbons (Fsp3) is 0.250. The molecule has 128 valence electrons. The number of rotatable bonds is 5. The summed E-state index contributed by atoms with van der Waals surface area (Å²) in [7, 11) is 0. The van der Waals surface area contributed by atoms with Crippen LogP contribution in [0.3, 0.4) is 0 Å². The predicted molar refractivity (Wildman–Crippen MR) is 98.0 cm³/mol. The van der Waals surface area contributed by atoms with Gasteiger partial charge in [-0.05, 0) is 74.5 Å². The third kappa shape index (κ3) is 4.00. The second kappa shape index (κ2) is 7.40. The largest absolute Gasteiger partial charge is 0.457 e. The van der Waals surface area contributed by atoms with Crippen molar-refractivity contribution in [3.63, 3.8) is 0 Å². The minimum absolute atomic E-state index is 0.552. The van der Waals surface area contributed by atoms with E-state index < -0.39 is 0 Å². The second-order valence-corrected chi connectivity index (χ2v) is 6.16. The molecule has 0 amide bonds. The zero-order valence-electron chi connectivity index (χ0n) is 13.9. The maximum absolute atomic E-state index is 5.91. The van der Waals surface area contributed by atoms with Crippen LogP contribution in [0.15, 0.2) is 65.4 Å². The quantitative estimate of drug-likeness (QED) is 0.728. The molecule has 2 N–H and O–H groups in total. The molecule has 1 aliphatic rings. The topological polar surface area (TPSA) is 59.3 Å². The molecule has 5 heteroatoms. The Morgan fingerprint density at radius 2 is 1.64 bits per heavy atom. The van der Waals surface area contributed by atoms with Crippen molar-refractivity contribution in [2.24, 2.45) is 0 Å². The number of nitrogens with zero attached hydrogens (tertiary/aromatic N) is 1. The van der Waals surface area contributed by atoms with Crippen molar-refractivity contribution in [3.05, 3.63) is 61.0 Å². The van der Waals surface area contributed by atoms with Crippen molar-refractivity contribution in [1.82, 2.24) is 10.3 Å². The van der Waals surface area contributed by atoms with Crippen molar-refractivity contribution in [3.8, 4) is 23.0 Å². The van der Waals surface area contributed by atoms with Gasteiger partial charge >= 0.3 is 0 Å². The van der Waals surface area contributed by atoms with E-state index in [-0.39, 0.29) is 0 Å². The highest BCUT2D eigenvalue weighted by Crippen LogP contribution is 2.26. The lowest BCUT2D eigenvalue weighted by Gasteiger charge is -2.24. The van der Waals surface area contributed by atoms with Crippen LogP contribution in [0, 0.1) is 0 Å². The van der Waals surface area contributed by atoms with Crippen LogP contribution in [-0.2, 0) is 0 Å². The van der Waals surface area contributed by atoms with Gasteiger partial charge in [0, 0.05) is 17.3 Å². The number of oxazole rings is 1. The third-order valence-corrected chi connectivity index (χ3v) is 4.33. The molecule has 0 saturated carbocycles. The molecule has 1 aliphatic heterocycles. The summed E-state index contributed by atoms with van der Waals surface area (Å²) in [6.07, 6.45) is 5.53. The predicted octanol–water partition coefficient (Wildman–Crippen LogP) is 4.30. The lowest BCUT2D eigenvalue weighted by Crippen LogP contribution is -2.35. The summed E-state index contributed by atoms with van der Waals surface area (Å²) in [5, 5.41) is 6.96. The number of ether oxygens (including phenoxy) is 1. The maximum Gasteiger partial charge on any atom is 0.225 e. The standard InChI is InChI=1S/C20H21N3O2/c1-5-18(6-2-15(1)20-22-13-14-24-20)25-19-7-3-16(4-8-19)23-17-9-11-21-12-10-17/h1-8,13-14,17,21,23H,9-12H2. The maximum atomic E-state index is 5.91. The number of nitrogens with one attached hydrogen (secondary N) is 2. The Hall–Kier alpha value is -2.79. The van der Waals surface area contributed by atoms with E-state index >= 15 is 0 Å². The molecule has 0 radical (unpaired) electrons. The Morgan fingerprint density at radius 1 is 0.960 bits per heavy atom. The smallest absolute Gasteiger partial charge is 0.225 e. The Labute approximate surface area is 147 Å². The summed E-state index contributed by atoms with van der Waals surface area (Å²) < 4.78 is 11.2. The Kier molecular flexibility index (Phi) is 4.65. The zero-order valence-corrected chi connectivity index (χ0v) is 13.9. The first-order valence-electron chi connectivity index (χ1n) is 8.62. The van der Waals surface area contributed by atoms with Crippen LogP contribution in [0.1, 0.15) is 12.8 Å². The normalized spacial score (nSPS) is 15.0. The summed E-state index contributed by atoms with van der Waals surface area (Å²) in [5.74, 6) is 2.22. The van der Waals surface area contributed by atoms with Crippen LogP contribution < -0.4 is 15.4 Å². The van der Waals surface area contributed by atoms with E-state index in [9.17, 15) is 0 Å². The summed E-state index contributed by atoms with van der Waals surface area (Å²) in [4.78, 5) is 4.14.